The highest BCUT2D eigenvalue weighted by Crippen LogP contribution is 2.18. The SMILES string of the molecule is CCn1ncnc1COc1ccc([B-](F)(F)F)c(C)c1. The van der Waals surface area contributed by atoms with Gasteiger partial charge in [-0.05, 0) is 26.0 Å². The van der Waals surface area contributed by atoms with E-state index in [0.29, 0.717) is 18.1 Å². The second-order valence-electron chi connectivity index (χ2n) is 4.37. The molecule has 1 aromatic carbocycles. The highest BCUT2D eigenvalue weighted by atomic mass is 19.4. The summed E-state index contributed by atoms with van der Waals surface area (Å²) in [6, 6.07) is 3.76. The number of ether oxygens (including phenoxy) is 1. The molecule has 4 nitrogen and oxygen atoms in total. The van der Waals surface area contributed by atoms with E-state index in [1.165, 1.54) is 25.4 Å². The molecule has 108 valence electrons. The Morgan fingerprint density at radius 3 is 2.65 bits per heavy atom. The summed E-state index contributed by atoms with van der Waals surface area (Å²) in [5, 5.41) is 3.99. The molecule has 0 unspecified atom stereocenters. The first-order valence-electron chi connectivity index (χ1n) is 6.21. The number of aryl methyl sites for hydroxylation is 2. The van der Waals surface area contributed by atoms with E-state index in [1.54, 1.807) is 4.68 Å². The Hall–Kier alpha value is -1.99. The Labute approximate surface area is 114 Å². The fourth-order valence-corrected chi connectivity index (χ4v) is 1.92. The number of halogens is 3. The fraction of sp³-hybridized carbons (Fsp3) is 0.333. The third-order valence-electron chi connectivity index (χ3n) is 2.96. The monoisotopic (exact) mass is 284 g/mol. The Morgan fingerprint density at radius 1 is 1.30 bits per heavy atom. The molecule has 8 heteroatoms. The average molecular weight is 284 g/mol. The zero-order valence-corrected chi connectivity index (χ0v) is 11.2. The van der Waals surface area contributed by atoms with Gasteiger partial charge in [0.15, 0.2) is 5.82 Å². The van der Waals surface area contributed by atoms with Gasteiger partial charge < -0.3 is 17.7 Å². The molecule has 0 amide bonds. The van der Waals surface area contributed by atoms with Gasteiger partial charge in [0.05, 0.1) is 0 Å². The lowest BCUT2D eigenvalue weighted by Crippen LogP contribution is -2.35. The number of hydrogen-bond donors (Lipinski definition) is 0. The Kier molecular flexibility index (Phi) is 4.01. The van der Waals surface area contributed by atoms with E-state index < -0.39 is 12.4 Å². The van der Waals surface area contributed by atoms with Crippen LogP contribution in [0.15, 0.2) is 24.5 Å². The standard InChI is InChI=1S/C12H14BF3N3O/c1-3-19-12(17-8-18-19)7-20-10-4-5-11(9(2)6-10)13(14,15)16/h4-6,8H,3,7H2,1-2H3/q-1. The zero-order valence-electron chi connectivity index (χ0n) is 11.2. The van der Waals surface area contributed by atoms with E-state index in [1.807, 2.05) is 6.92 Å². The van der Waals surface area contributed by atoms with Crippen LogP contribution in [0.3, 0.4) is 0 Å². The van der Waals surface area contributed by atoms with Crippen molar-refractivity contribution in [1.82, 2.24) is 14.8 Å². The summed E-state index contributed by atoms with van der Waals surface area (Å²) >= 11 is 0. The Bertz CT molecular complexity index is 598. The minimum atomic E-state index is -4.99. The molecule has 20 heavy (non-hydrogen) atoms. The van der Waals surface area contributed by atoms with Crippen LogP contribution in [-0.2, 0) is 13.2 Å². The smallest absolute Gasteiger partial charge is 0.486 e. The summed E-state index contributed by atoms with van der Waals surface area (Å²) in [6.45, 7) is -0.814. The van der Waals surface area contributed by atoms with Crippen LogP contribution in [0.4, 0.5) is 12.9 Å². The highest BCUT2D eigenvalue weighted by Gasteiger charge is 2.27. The van der Waals surface area contributed by atoms with Crippen LogP contribution < -0.4 is 10.2 Å². The van der Waals surface area contributed by atoms with Crippen molar-refractivity contribution < 1.29 is 17.7 Å². The van der Waals surface area contributed by atoms with Crippen LogP contribution in [0, 0.1) is 6.92 Å². The summed E-state index contributed by atoms with van der Waals surface area (Å²) in [7, 11) is 0. The molecule has 1 heterocycles. The second kappa shape index (κ2) is 5.56. The van der Waals surface area contributed by atoms with Crippen molar-refractivity contribution in [2.24, 2.45) is 0 Å². The predicted octanol–water partition coefficient (Wildman–Crippen LogP) is 2.24. The highest BCUT2D eigenvalue weighted by molar-refractivity contribution is 6.74. The number of hydrogen-bond acceptors (Lipinski definition) is 3. The van der Waals surface area contributed by atoms with Crippen molar-refractivity contribution in [3.63, 3.8) is 0 Å². The number of aromatic nitrogens is 3. The van der Waals surface area contributed by atoms with Gasteiger partial charge in [0.25, 0.3) is 0 Å². The van der Waals surface area contributed by atoms with Gasteiger partial charge in [-0.3, -0.25) is 0 Å². The maximum Gasteiger partial charge on any atom is 0.509 e. The van der Waals surface area contributed by atoms with Crippen LogP contribution in [0.2, 0.25) is 0 Å². The molecular formula is C12H14BF3N3O-. The maximum atomic E-state index is 12.7. The maximum absolute atomic E-state index is 12.7. The first-order chi connectivity index (χ1) is 9.41. The van der Waals surface area contributed by atoms with E-state index in [9.17, 15) is 12.9 Å². The van der Waals surface area contributed by atoms with Crippen molar-refractivity contribution in [2.75, 3.05) is 0 Å². The lowest BCUT2D eigenvalue weighted by atomic mass is 9.77. The normalized spacial score (nSPS) is 11.7. The minimum Gasteiger partial charge on any atom is -0.486 e. The molecule has 2 aromatic rings. The molecule has 0 aliphatic rings. The first kappa shape index (κ1) is 14.4. The molecule has 0 atom stereocenters. The average Bonchev–Trinajstić information content (AvgIpc) is 2.82. The summed E-state index contributed by atoms with van der Waals surface area (Å²) in [5.41, 5.74) is -0.430. The first-order valence-corrected chi connectivity index (χ1v) is 6.21. The predicted molar refractivity (Wildman–Crippen MR) is 69.9 cm³/mol. The molecule has 0 aliphatic heterocycles. The van der Waals surface area contributed by atoms with Gasteiger partial charge in [-0.2, -0.15) is 5.10 Å². The van der Waals surface area contributed by atoms with Crippen LogP contribution in [-0.4, -0.2) is 21.7 Å². The molecule has 0 N–H and O–H groups in total. The molecule has 0 saturated carbocycles. The third kappa shape index (κ3) is 3.12. The quantitative estimate of drug-likeness (QED) is 0.790. The van der Waals surface area contributed by atoms with Crippen molar-refractivity contribution >= 4 is 12.4 Å². The van der Waals surface area contributed by atoms with Crippen molar-refractivity contribution in [1.29, 1.82) is 0 Å². The summed E-state index contributed by atoms with van der Waals surface area (Å²) in [5.74, 6) is 1.02. The lowest BCUT2D eigenvalue weighted by molar-refractivity contribution is 0.287. The van der Waals surface area contributed by atoms with E-state index >= 15 is 0 Å². The molecule has 0 spiro atoms. The summed E-state index contributed by atoms with van der Waals surface area (Å²) < 4.78 is 45.2. The Morgan fingerprint density at radius 2 is 2.05 bits per heavy atom. The van der Waals surface area contributed by atoms with Crippen molar-refractivity contribution in [2.45, 2.75) is 27.0 Å². The fourth-order valence-electron chi connectivity index (χ4n) is 1.92. The molecule has 0 saturated heterocycles. The molecule has 0 radical (unpaired) electrons. The molecule has 1 aromatic heterocycles. The van der Waals surface area contributed by atoms with E-state index in [2.05, 4.69) is 10.1 Å². The van der Waals surface area contributed by atoms with Crippen LogP contribution in [0.1, 0.15) is 18.3 Å². The molecule has 0 bridgehead atoms. The molecule has 2 rings (SSSR count). The molecule has 0 aliphatic carbocycles. The van der Waals surface area contributed by atoms with Crippen molar-refractivity contribution in [3.05, 3.63) is 35.9 Å². The molecule has 0 fully saturated rings. The number of nitrogens with zero attached hydrogens (tertiary/aromatic N) is 3. The van der Waals surface area contributed by atoms with Gasteiger partial charge in [-0.1, -0.05) is 11.6 Å². The van der Waals surface area contributed by atoms with Crippen LogP contribution >= 0.6 is 0 Å². The van der Waals surface area contributed by atoms with Gasteiger partial charge in [-0.15, -0.1) is 5.46 Å². The number of rotatable bonds is 5. The van der Waals surface area contributed by atoms with Gasteiger partial charge in [0, 0.05) is 6.54 Å². The van der Waals surface area contributed by atoms with E-state index in [-0.39, 0.29) is 12.2 Å². The topological polar surface area (TPSA) is 39.9 Å². The van der Waals surface area contributed by atoms with Crippen LogP contribution in [0.5, 0.6) is 5.75 Å². The Balaban J connectivity index is 2.10. The third-order valence-corrected chi connectivity index (χ3v) is 2.96. The van der Waals surface area contributed by atoms with Gasteiger partial charge in [-0.25, -0.2) is 9.67 Å². The van der Waals surface area contributed by atoms with Gasteiger partial charge in [0.1, 0.15) is 18.7 Å². The zero-order chi connectivity index (χ0) is 14.8. The summed E-state index contributed by atoms with van der Waals surface area (Å²) in [6.07, 6.45) is 1.42. The van der Waals surface area contributed by atoms with E-state index in [4.69, 9.17) is 4.74 Å². The van der Waals surface area contributed by atoms with Gasteiger partial charge in [0.2, 0.25) is 0 Å². The van der Waals surface area contributed by atoms with Crippen molar-refractivity contribution in [3.8, 4) is 5.75 Å². The lowest BCUT2D eigenvalue weighted by Gasteiger charge is -2.18. The van der Waals surface area contributed by atoms with Gasteiger partial charge >= 0.3 is 6.98 Å². The molecular weight excluding hydrogens is 270 g/mol. The number of benzene rings is 1. The summed E-state index contributed by atoms with van der Waals surface area (Å²) in [4.78, 5) is 4.03. The largest absolute Gasteiger partial charge is 0.509 e. The second-order valence-corrected chi connectivity index (χ2v) is 4.37. The van der Waals surface area contributed by atoms with Crippen LogP contribution in [0.25, 0.3) is 0 Å². The van der Waals surface area contributed by atoms with E-state index in [0.717, 1.165) is 6.07 Å². The minimum absolute atomic E-state index is 0.159.